The second kappa shape index (κ2) is 4.16. The first-order valence-electron chi connectivity index (χ1n) is 6.23. The van der Waals surface area contributed by atoms with Gasteiger partial charge in [-0.25, -0.2) is 0 Å². The molecular weight excluding hydrogens is 242 g/mol. The minimum atomic E-state index is -0.364. The van der Waals surface area contributed by atoms with E-state index >= 15 is 0 Å². The highest BCUT2D eigenvalue weighted by atomic mass is 16.6. The van der Waals surface area contributed by atoms with E-state index in [1.54, 1.807) is 0 Å². The lowest BCUT2D eigenvalue weighted by atomic mass is 9.64. The maximum atomic E-state index is 5.69. The molecule has 0 N–H and O–H groups in total. The monoisotopic (exact) mass is 252 g/mol. The van der Waals surface area contributed by atoms with E-state index in [1.165, 1.54) is 0 Å². The lowest BCUT2D eigenvalue weighted by Gasteiger charge is -2.06. The Balaban J connectivity index is 1.43. The van der Waals surface area contributed by atoms with Gasteiger partial charge < -0.3 is 18.6 Å². The van der Waals surface area contributed by atoms with Gasteiger partial charge in [-0.1, -0.05) is 24.3 Å². The second-order valence-electron chi connectivity index (χ2n) is 4.46. The molecule has 0 aromatic heterocycles. The highest BCUT2D eigenvalue weighted by molar-refractivity contribution is 6.67. The molecule has 0 saturated carbocycles. The van der Waals surface area contributed by atoms with Gasteiger partial charge in [-0.05, 0) is 24.3 Å². The molecule has 0 saturated heterocycles. The van der Waals surface area contributed by atoms with Crippen molar-refractivity contribution in [3.8, 4) is 23.0 Å². The molecule has 4 rings (SSSR count). The summed E-state index contributed by atoms with van der Waals surface area (Å²) < 4.78 is 22.7. The SMILES string of the molecule is c1ccc2c(c1)OB(CB1Oc3ccccc3O1)O2. The van der Waals surface area contributed by atoms with Gasteiger partial charge in [-0.3, -0.25) is 0 Å². The maximum absolute atomic E-state index is 5.69. The van der Waals surface area contributed by atoms with Gasteiger partial charge in [0.15, 0.2) is 0 Å². The fourth-order valence-electron chi connectivity index (χ4n) is 2.25. The van der Waals surface area contributed by atoms with Gasteiger partial charge in [0.1, 0.15) is 23.0 Å². The van der Waals surface area contributed by atoms with Crippen molar-refractivity contribution in [2.24, 2.45) is 0 Å². The van der Waals surface area contributed by atoms with Crippen LogP contribution in [0.2, 0.25) is 6.22 Å². The zero-order chi connectivity index (χ0) is 12.7. The van der Waals surface area contributed by atoms with Crippen LogP contribution in [0.1, 0.15) is 0 Å². The lowest BCUT2D eigenvalue weighted by molar-refractivity contribution is 0.474. The Bertz CT molecular complexity index is 516. The molecule has 0 radical (unpaired) electrons. The Morgan fingerprint density at radius 1 is 0.579 bits per heavy atom. The number of para-hydroxylation sites is 4. The molecule has 2 heterocycles. The van der Waals surface area contributed by atoms with E-state index in [9.17, 15) is 0 Å². The predicted molar refractivity (Wildman–Crippen MR) is 71.7 cm³/mol. The normalized spacial score (nSPS) is 14.9. The molecule has 0 spiro atoms. The van der Waals surface area contributed by atoms with E-state index in [0.29, 0.717) is 6.22 Å². The maximum Gasteiger partial charge on any atom is 0.595 e. The summed E-state index contributed by atoms with van der Waals surface area (Å²) in [5, 5.41) is 0. The van der Waals surface area contributed by atoms with Crippen molar-refractivity contribution < 1.29 is 18.6 Å². The van der Waals surface area contributed by atoms with Crippen molar-refractivity contribution in [3.05, 3.63) is 48.5 Å². The molecule has 0 fully saturated rings. The number of hydrogen-bond donors (Lipinski definition) is 0. The Morgan fingerprint density at radius 2 is 0.895 bits per heavy atom. The van der Waals surface area contributed by atoms with Crippen LogP contribution in [-0.2, 0) is 0 Å². The fourth-order valence-corrected chi connectivity index (χ4v) is 2.25. The molecule has 4 nitrogen and oxygen atoms in total. The standard InChI is InChI=1S/C13H10B2O4/c1-2-6-11-10(5-1)16-14(17-11)9-15-18-12-7-3-4-8-13(12)19-15/h1-8H,9H2. The summed E-state index contributed by atoms with van der Waals surface area (Å²) in [6.07, 6.45) is 0.517. The van der Waals surface area contributed by atoms with Crippen LogP contribution < -0.4 is 18.6 Å². The highest BCUT2D eigenvalue weighted by Crippen LogP contribution is 2.37. The van der Waals surface area contributed by atoms with Crippen molar-refractivity contribution in [2.45, 2.75) is 6.22 Å². The number of benzene rings is 2. The van der Waals surface area contributed by atoms with E-state index in [4.69, 9.17) is 18.6 Å². The average molecular weight is 252 g/mol. The van der Waals surface area contributed by atoms with Crippen molar-refractivity contribution in [3.63, 3.8) is 0 Å². The molecule has 0 bridgehead atoms. The summed E-state index contributed by atoms with van der Waals surface area (Å²) in [6.45, 7) is 0. The summed E-state index contributed by atoms with van der Waals surface area (Å²) in [6, 6.07) is 15.2. The van der Waals surface area contributed by atoms with E-state index in [-0.39, 0.29) is 14.2 Å². The Hall–Kier alpha value is -2.23. The predicted octanol–water partition coefficient (Wildman–Crippen LogP) is 2.44. The summed E-state index contributed by atoms with van der Waals surface area (Å²) in [5.74, 6) is 3.07. The van der Waals surface area contributed by atoms with Gasteiger partial charge in [0, 0.05) is 0 Å². The molecule has 0 atom stereocenters. The number of rotatable bonds is 2. The van der Waals surface area contributed by atoms with E-state index in [2.05, 4.69) is 0 Å². The largest absolute Gasteiger partial charge is 0.595 e. The van der Waals surface area contributed by atoms with Gasteiger partial charge in [-0.2, -0.15) is 0 Å². The summed E-state index contributed by atoms with van der Waals surface area (Å²) in [5.41, 5.74) is 0. The van der Waals surface area contributed by atoms with Gasteiger partial charge in [0.05, 0.1) is 6.22 Å². The molecule has 19 heavy (non-hydrogen) atoms. The number of fused-ring (bicyclic) bond motifs is 2. The molecule has 2 aliphatic heterocycles. The molecule has 0 aliphatic carbocycles. The quantitative estimate of drug-likeness (QED) is 0.769. The first kappa shape index (κ1) is 10.7. The zero-order valence-electron chi connectivity index (χ0n) is 10.1. The Labute approximate surface area is 111 Å². The molecule has 2 aromatic rings. The zero-order valence-corrected chi connectivity index (χ0v) is 10.1. The third kappa shape index (κ3) is 1.89. The lowest BCUT2D eigenvalue weighted by Crippen LogP contribution is -2.36. The van der Waals surface area contributed by atoms with Gasteiger partial charge >= 0.3 is 14.2 Å². The van der Waals surface area contributed by atoms with Crippen LogP contribution in [-0.4, -0.2) is 14.2 Å². The number of hydrogen-bond acceptors (Lipinski definition) is 4. The van der Waals surface area contributed by atoms with Crippen LogP contribution in [0.5, 0.6) is 23.0 Å². The first-order chi connectivity index (χ1) is 9.38. The third-order valence-corrected chi connectivity index (χ3v) is 3.12. The van der Waals surface area contributed by atoms with Crippen LogP contribution in [0.4, 0.5) is 0 Å². The summed E-state index contributed by atoms with van der Waals surface area (Å²) >= 11 is 0. The third-order valence-electron chi connectivity index (χ3n) is 3.12. The van der Waals surface area contributed by atoms with Gasteiger partial charge in [0.2, 0.25) is 0 Å². The molecule has 2 aromatic carbocycles. The Morgan fingerprint density at radius 3 is 1.21 bits per heavy atom. The van der Waals surface area contributed by atoms with Crippen LogP contribution in [0, 0.1) is 0 Å². The van der Waals surface area contributed by atoms with Crippen LogP contribution in [0.3, 0.4) is 0 Å². The van der Waals surface area contributed by atoms with Crippen molar-refractivity contribution in [2.75, 3.05) is 0 Å². The highest BCUT2D eigenvalue weighted by Gasteiger charge is 2.43. The minimum absolute atomic E-state index is 0.364. The van der Waals surface area contributed by atoms with Crippen molar-refractivity contribution in [1.29, 1.82) is 0 Å². The summed E-state index contributed by atoms with van der Waals surface area (Å²) in [7, 11) is -0.728. The molecule has 2 aliphatic rings. The first-order valence-corrected chi connectivity index (χ1v) is 6.23. The molecular formula is C13H10B2O4. The van der Waals surface area contributed by atoms with Gasteiger partial charge in [0.25, 0.3) is 0 Å². The topological polar surface area (TPSA) is 36.9 Å². The second-order valence-corrected chi connectivity index (χ2v) is 4.46. The minimum Gasteiger partial charge on any atom is -0.523 e. The van der Waals surface area contributed by atoms with Gasteiger partial charge in [-0.15, -0.1) is 0 Å². The van der Waals surface area contributed by atoms with E-state index < -0.39 is 0 Å². The smallest absolute Gasteiger partial charge is 0.523 e. The van der Waals surface area contributed by atoms with E-state index in [1.807, 2.05) is 48.5 Å². The molecule has 0 unspecified atom stereocenters. The van der Waals surface area contributed by atoms with Crippen LogP contribution in [0.15, 0.2) is 48.5 Å². The Kier molecular flexibility index (Phi) is 2.33. The molecule has 92 valence electrons. The fraction of sp³-hybridized carbons (Fsp3) is 0.0769. The molecule has 0 amide bonds. The summed E-state index contributed by atoms with van der Waals surface area (Å²) in [4.78, 5) is 0. The van der Waals surface area contributed by atoms with E-state index in [0.717, 1.165) is 23.0 Å². The van der Waals surface area contributed by atoms with Crippen LogP contribution in [0.25, 0.3) is 0 Å². The van der Waals surface area contributed by atoms with Crippen molar-refractivity contribution in [1.82, 2.24) is 0 Å². The van der Waals surface area contributed by atoms with Crippen molar-refractivity contribution >= 4 is 14.2 Å². The molecule has 6 heteroatoms. The average Bonchev–Trinajstić information content (AvgIpc) is 3.00. The van der Waals surface area contributed by atoms with Crippen LogP contribution >= 0.6 is 0 Å².